The van der Waals surface area contributed by atoms with Crippen molar-refractivity contribution in [1.29, 1.82) is 0 Å². The number of phenolic OH excluding ortho intramolecular Hbond substituents is 1. The van der Waals surface area contributed by atoms with Gasteiger partial charge >= 0.3 is 0 Å². The van der Waals surface area contributed by atoms with Gasteiger partial charge in [-0.25, -0.2) is 4.98 Å². The van der Waals surface area contributed by atoms with Crippen LogP contribution in [-0.4, -0.2) is 17.2 Å². The van der Waals surface area contributed by atoms with Gasteiger partial charge in [0, 0.05) is 11.6 Å². The number of rotatable bonds is 3. The maximum atomic E-state index is 10.5. The molecule has 2 aromatic carbocycles. The Hall–Kier alpha value is -2.47. The minimum atomic E-state index is -0.237. The first-order valence-corrected chi connectivity index (χ1v) is 8.39. The van der Waals surface area contributed by atoms with E-state index in [4.69, 9.17) is 4.74 Å². The van der Waals surface area contributed by atoms with E-state index in [9.17, 15) is 5.11 Å². The Morgan fingerprint density at radius 3 is 2.54 bits per heavy atom. The van der Waals surface area contributed by atoms with Gasteiger partial charge in [-0.1, -0.05) is 44.2 Å². The molecule has 0 saturated heterocycles. The molecular formula is C18H19N3O2S. The average molecular weight is 341 g/mol. The summed E-state index contributed by atoms with van der Waals surface area (Å²) in [5.74, 6) is 0.754. The standard InChI is InChI=1S/C18H19N3O2S/c1-18(2,3)12-9-11(23-4)10-14(16(12)22)20-21-17-19-13-7-5-6-8-15(13)24-17/h5-10,22H,1-4H3. The van der Waals surface area contributed by atoms with E-state index in [1.54, 1.807) is 13.2 Å². The molecule has 1 heterocycles. The number of benzene rings is 2. The Kier molecular flexibility index (Phi) is 4.24. The fraction of sp³-hybridized carbons (Fsp3) is 0.278. The fourth-order valence-corrected chi connectivity index (χ4v) is 3.15. The molecular weight excluding hydrogens is 322 g/mol. The number of azo groups is 1. The molecule has 5 nitrogen and oxygen atoms in total. The summed E-state index contributed by atoms with van der Waals surface area (Å²) >= 11 is 1.46. The molecule has 6 heteroatoms. The van der Waals surface area contributed by atoms with Crippen molar-refractivity contribution in [2.75, 3.05) is 7.11 Å². The highest BCUT2D eigenvalue weighted by Gasteiger charge is 2.22. The van der Waals surface area contributed by atoms with Gasteiger partial charge in [-0.05, 0) is 23.6 Å². The predicted octanol–water partition coefficient (Wildman–Crippen LogP) is 5.72. The molecule has 0 amide bonds. The Morgan fingerprint density at radius 1 is 1.12 bits per heavy atom. The van der Waals surface area contributed by atoms with E-state index in [0.29, 0.717) is 16.6 Å². The smallest absolute Gasteiger partial charge is 0.231 e. The van der Waals surface area contributed by atoms with Crippen molar-refractivity contribution in [1.82, 2.24) is 4.98 Å². The van der Waals surface area contributed by atoms with Crippen LogP contribution < -0.4 is 4.74 Å². The van der Waals surface area contributed by atoms with Crippen LogP contribution in [0, 0.1) is 0 Å². The topological polar surface area (TPSA) is 67.1 Å². The van der Waals surface area contributed by atoms with Crippen LogP contribution >= 0.6 is 11.3 Å². The second-order valence-electron chi connectivity index (χ2n) is 6.46. The number of nitrogens with zero attached hydrogens (tertiary/aromatic N) is 3. The number of aromatic hydroxyl groups is 1. The normalized spacial score (nSPS) is 12.2. The lowest BCUT2D eigenvalue weighted by Gasteiger charge is -2.21. The summed E-state index contributed by atoms with van der Waals surface area (Å²) in [4.78, 5) is 4.42. The van der Waals surface area contributed by atoms with Crippen LogP contribution in [0.25, 0.3) is 10.2 Å². The van der Waals surface area contributed by atoms with Crippen molar-refractivity contribution in [2.24, 2.45) is 10.2 Å². The molecule has 0 aliphatic carbocycles. The van der Waals surface area contributed by atoms with Gasteiger partial charge in [-0.15, -0.1) is 10.2 Å². The molecule has 0 atom stereocenters. The Labute approximate surface area is 144 Å². The first kappa shape index (κ1) is 16.4. The van der Waals surface area contributed by atoms with Crippen molar-refractivity contribution in [3.63, 3.8) is 0 Å². The molecule has 0 spiro atoms. The van der Waals surface area contributed by atoms with Crippen molar-refractivity contribution < 1.29 is 9.84 Å². The number of ether oxygens (including phenoxy) is 1. The van der Waals surface area contributed by atoms with Crippen LogP contribution in [0.3, 0.4) is 0 Å². The Bertz CT molecular complexity index is 877. The number of hydrogen-bond donors (Lipinski definition) is 1. The highest BCUT2D eigenvalue weighted by atomic mass is 32.1. The molecule has 0 fully saturated rings. The SMILES string of the molecule is COc1cc(N=Nc2nc3ccccc3s2)c(O)c(C(C)(C)C)c1. The molecule has 0 aliphatic heterocycles. The summed E-state index contributed by atoms with van der Waals surface area (Å²) in [6.45, 7) is 6.07. The summed E-state index contributed by atoms with van der Waals surface area (Å²) in [6, 6.07) is 11.3. The molecule has 1 N–H and O–H groups in total. The second kappa shape index (κ2) is 6.20. The van der Waals surface area contributed by atoms with Gasteiger partial charge in [0.05, 0.1) is 17.3 Å². The molecule has 1 aromatic heterocycles. The fourth-order valence-electron chi connectivity index (χ4n) is 2.36. The predicted molar refractivity (Wildman–Crippen MR) is 97.2 cm³/mol. The van der Waals surface area contributed by atoms with Crippen LogP contribution in [0.2, 0.25) is 0 Å². The van der Waals surface area contributed by atoms with Crippen molar-refractivity contribution in [3.8, 4) is 11.5 Å². The summed E-state index contributed by atoms with van der Waals surface area (Å²) in [5.41, 5.74) is 1.79. The second-order valence-corrected chi connectivity index (χ2v) is 7.47. The number of aromatic nitrogens is 1. The van der Waals surface area contributed by atoms with Gasteiger partial charge in [0.1, 0.15) is 17.2 Å². The third kappa shape index (κ3) is 3.23. The van der Waals surface area contributed by atoms with Crippen molar-refractivity contribution in [3.05, 3.63) is 42.0 Å². The Balaban J connectivity index is 2.02. The molecule has 0 saturated carbocycles. The quantitative estimate of drug-likeness (QED) is 0.619. The van der Waals surface area contributed by atoms with E-state index < -0.39 is 0 Å². The van der Waals surface area contributed by atoms with E-state index in [2.05, 4.69) is 15.2 Å². The monoisotopic (exact) mass is 341 g/mol. The first-order chi connectivity index (χ1) is 11.4. The van der Waals surface area contributed by atoms with Crippen LogP contribution in [0.4, 0.5) is 10.8 Å². The zero-order valence-corrected chi connectivity index (χ0v) is 14.9. The van der Waals surface area contributed by atoms with Gasteiger partial charge in [0.25, 0.3) is 0 Å². The summed E-state index contributed by atoms with van der Waals surface area (Å²) in [7, 11) is 1.59. The van der Waals surface area contributed by atoms with Crippen molar-refractivity contribution in [2.45, 2.75) is 26.2 Å². The molecule has 0 bridgehead atoms. The lowest BCUT2D eigenvalue weighted by molar-refractivity contribution is 0.406. The van der Waals surface area contributed by atoms with Crippen LogP contribution in [0.5, 0.6) is 11.5 Å². The van der Waals surface area contributed by atoms with Crippen LogP contribution in [0.1, 0.15) is 26.3 Å². The maximum Gasteiger partial charge on any atom is 0.231 e. The van der Waals surface area contributed by atoms with Crippen LogP contribution in [-0.2, 0) is 5.41 Å². The summed E-state index contributed by atoms with van der Waals surface area (Å²) in [6.07, 6.45) is 0. The van der Waals surface area contributed by atoms with E-state index in [-0.39, 0.29) is 11.2 Å². The van der Waals surface area contributed by atoms with E-state index in [1.807, 2.05) is 51.1 Å². The van der Waals surface area contributed by atoms with E-state index in [1.165, 1.54) is 11.3 Å². The minimum absolute atomic E-state index is 0.119. The molecule has 24 heavy (non-hydrogen) atoms. The van der Waals surface area contributed by atoms with Crippen molar-refractivity contribution >= 4 is 32.4 Å². The molecule has 0 unspecified atom stereocenters. The molecule has 124 valence electrons. The first-order valence-electron chi connectivity index (χ1n) is 7.57. The number of thiazole rings is 1. The third-order valence-electron chi connectivity index (χ3n) is 3.63. The lowest BCUT2D eigenvalue weighted by atomic mass is 9.86. The van der Waals surface area contributed by atoms with Crippen LogP contribution in [0.15, 0.2) is 46.6 Å². The molecule has 3 aromatic rings. The molecule has 0 radical (unpaired) electrons. The molecule has 0 aliphatic rings. The van der Waals surface area contributed by atoms with Gasteiger partial charge < -0.3 is 9.84 Å². The number of para-hydroxylation sites is 1. The maximum absolute atomic E-state index is 10.5. The number of fused-ring (bicyclic) bond motifs is 1. The van der Waals surface area contributed by atoms with E-state index >= 15 is 0 Å². The number of methoxy groups -OCH3 is 1. The van der Waals surface area contributed by atoms with E-state index in [0.717, 1.165) is 15.8 Å². The summed E-state index contributed by atoms with van der Waals surface area (Å²) in [5, 5.41) is 19.5. The number of phenols is 1. The highest BCUT2D eigenvalue weighted by molar-refractivity contribution is 7.21. The Morgan fingerprint density at radius 2 is 1.88 bits per heavy atom. The number of hydrogen-bond acceptors (Lipinski definition) is 6. The molecule has 3 rings (SSSR count). The zero-order chi connectivity index (χ0) is 17.3. The highest BCUT2D eigenvalue weighted by Crippen LogP contribution is 2.41. The third-order valence-corrected chi connectivity index (χ3v) is 4.55. The zero-order valence-electron chi connectivity index (χ0n) is 14.1. The van der Waals surface area contributed by atoms with Gasteiger partial charge in [-0.3, -0.25) is 0 Å². The minimum Gasteiger partial charge on any atom is -0.505 e. The largest absolute Gasteiger partial charge is 0.505 e. The summed E-state index contributed by atoms with van der Waals surface area (Å²) < 4.78 is 6.37. The lowest BCUT2D eigenvalue weighted by Crippen LogP contribution is -2.11. The van der Waals surface area contributed by atoms with Gasteiger partial charge in [0.15, 0.2) is 0 Å². The average Bonchev–Trinajstić information content (AvgIpc) is 2.95. The van der Waals surface area contributed by atoms with Gasteiger partial charge in [0.2, 0.25) is 5.13 Å². The van der Waals surface area contributed by atoms with Gasteiger partial charge in [-0.2, -0.15) is 0 Å².